The predicted molar refractivity (Wildman–Crippen MR) is 63.1 cm³/mol. The molecular weight excluding hydrogens is 198 g/mol. The summed E-state index contributed by atoms with van der Waals surface area (Å²) in [6.45, 7) is 2.12. The number of hydrogen-bond donors (Lipinski definition) is 1. The lowest BCUT2D eigenvalue weighted by molar-refractivity contribution is 0.942. The number of pyridine rings is 1. The Labute approximate surface area is 93.6 Å². The van der Waals surface area contributed by atoms with Gasteiger partial charge < -0.3 is 4.98 Å². The molecule has 3 nitrogen and oxygen atoms in total. The fourth-order valence-corrected chi connectivity index (χ4v) is 2.65. The Morgan fingerprint density at radius 2 is 2.44 bits per heavy atom. The van der Waals surface area contributed by atoms with Crippen LogP contribution in [0.4, 0.5) is 0 Å². The van der Waals surface area contributed by atoms with Gasteiger partial charge >= 0.3 is 0 Å². The molecule has 2 heterocycles. The van der Waals surface area contributed by atoms with Gasteiger partial charge in [-0.1, -0.05) is 19.1 Å². The Bertz CT molecular complexity index is 609. The summed E-state index contributed by atoms with van der Waals surface area (Å²) in [4.78, 5) is 12.6. The number of rotatable bonds is 1. The number of hydrogen-bond acceptors (Lipinski definition) is 2. The fraction of sp³-hybridized carbons (Fsp3) is 0.385. The van der Waals surface area contributed by atoms with E-state index in [1.54, 1.807) is 0 Å². The van der Waals surface area contributed by atoms with Crippen LogP contribution in [0.5, 0.6) is 0 Å². The van der Waals surface area contributed by atoms with Crippen LogP contribution in [0.25, 0.3) is 17.1 Å². The van der Waals surface area contributed by atoms with Crippen LogP contribution >= 0.6 is 0 Å². The molecule has 0 saturated heterocycles. The molecule has 16 heavy (non-hydrogen) atoms. The summed E-state index contributed by atoms with van der Waals surface area (Å²) < 4.78 is 0. The van der Waals surface area contributed by atoms with Gasteiger partial charge in [0.2, 0.25) is 0 Å². The average Bonchev–Trinajstić information content (AvgIpc) is 2.99. The molecule has 2 aromatic heterocycles. The highest BCUT2D eigenvalue weighted by Gasteiger charge is 2.41. The summed E-state index contributed by atoms with van der Waals surface area (Å²) in [6, 6.07) is 0. The largest absolute Gasteiger partial charge is 0.341 e. The number of imidazole rings is 1. The monoisotopic (exact) mass is 211 g/mol. The molecule has 0 amide bonds. The van der Waals surface area contributed by atoms with Crippen molar-refractivity contribution in [1.29, 1.82) is 0 Å². The highest BCUT2D eigenvalue weighted by Crippen LogP contribution is 2.52. The molecular formula is C13H13N3. The van der Waals surface area contributed by atoms with E-state index in [4.69, 9.17) is 0 Å². The molecule has 0 spiro atoms. The maximum atomic E-state index is 4.65. The SMILES string of the molecule is CCc1nc2c3c(ncc2[nH]1)C1CC1C=C3. The summed E-state index contributed by atoms with van der Waals surface area (Å²) in [5.74, 6) is 2.48. The molecule has 1 saturated carbocycles. The summed E-state index contributed by atoms with van der Waals surface area (Å²) in [6.07, 6.45) is 8.68. The van der Waals surface area contributed by atoms with E-state index in [1.165, 1.54) is 17.7 Å². The van der Waals surface area contributed by atoms with E-state index in [2.05, 4.69) is 34.0 Å². The summed E-state index contributed by atoms with van der Waals surface area (Å²) >= 11 is 0. The number of aryl methyl sites for hydroxylation is 1. The minimum Gasteiger partial charge on any atom is -0.341 e. The molecule has 80 valence electrons. The first-order valence-electron chi connectivity index (χ1n) is 5.92. The van der Waals surface area contributed by atoms with Crippen LogP contribution in [0.2, 0.25) is 0 Å². The Morgan fingerprint density at radius 1 is 1.50 bits per heavy atom. The number of allylic oxidation sites excluding steroid dienone is 1. The lowest BCUT2D eigenvalue weighted by Crippen LogP contribution is -1.97. The highest BCUT2D eigenvalue weighted by atomic mass is 14.9. The molecule has 4 rings (SSSR count). The third-order valence-corrected chi connectivity index (χ3v) is 3.68. The second-order valence-electron chi connectivity index (χ2n) is 4.72. The molecule has 1 fully saturated rings. The Balaban J connectivity index is 2.04. The Kier molecular flexibility index (Phi) is 1.45. The van der Waals surface area contributed by atoms with Crippen molar-refractivity contribution in [3.63, 3.8) is 0 Å². The Morgan fingerprint density at radius 3 is 3.31 bits per heavy atom. The molecule has 0 aromatic carbocycles. The maximum absolute atomic E-state index is 4.65. The van der Waals surface area contributed by atoms with E-state index in [0.717, 1.165) is 29.2 Å². The molecule has 1 N–H and O–H groups in total. The number of fused-ring (bicyclic) bond motifs is 5. The van der Waals surface area contributed by atoms with Gasteiger partial charge in [-0.15, -0.1) is 0 Å². The smallest absolute Gasteiger partial charge is 0.107 e. The molecule has 0 radical (unpaired) electrons. The Hall–Kier alpha value is -1.64. The van der Waals surface area contributed by atoms with E-state index >= 15 is 0 Å². The first-order chi connectivity index (χ1) is 7.86. The van der Waals surface area contributed by atoms with Crippen molar-refractivity contribution in [2.75, 3.05) is 0 Å². The van der Waals surface area contributed by atoms with Crippen molar-refractivity contribution in [2.45, 2.75) is 25.7 Å². The van der Waals surface area contributed by atoms with Gasteiger partial charge in [-0.05, 0) is 12.3 Å². The van der Waals surface area contributed by atoms with Gasteiger partial charge in [0.25, 0.3) is 0 Å². The predicted octanol–water partition coefficient (Wildman–Crippen LogP) is 2.65. The van der Waals surface area contributed by atoms with Crippen molar-refractivity contribution < 1.29 is 0 Å². The number of nitrogens with one attached hydrogen (secondary N) is 1. The summed E-state index contributed by atoms with van der Waals surface area (Å²) in [5.41, 5.74) is 4.67. The normalized spacial score (nSPS) is 25.6. The molecule has 2 aliphatic rings. The molecule has 2 aliphatic carbocycles. The minimum absolute atomic E-state index is 0.672. The van der Waals surface area contributed by atoms with Gasteiger partial charge in [0.15, 0.2) is 0 Å². The van der Waals surface area contributed by atoms with E-state index in [0.29, 0.717) is 5.92 Å². The van der Waals surface area contributed by atoms with Crippen LogP contribution in [0.15, 0.2) is 12.3 Å². The van der Waals surface area contributed by atoms with E-state index in [-0.39, 0.29) is 0 Å². The maximum Gasteiger partial charge on any atom is 0.107 e. The number of aromatic nitrogens is 3. The highest BCUT2D eigenvalue weighted by molar-refractivity contribution is 5.86. The fourth-order valence-electron chi connectivity index (χ4n) is 2.65. The van der Waals surface area contributed by atoms with Crippen molar-refractivity contribution in [2.24, 2.45) is 5.92 Å². The van der Waals surface area contributed by atoms with Crippen LogP contribution in [0.1, 0.15) is 36.3 Å². The first kappa shape index (κ1) is 8.50. The van der Waals surface area contributed by atoms with Crippen molar-refractivity contribution in [3.05, 3.63) is 29.4 Å². The van der Waals surface area contributed by atoms with Gasteiger partial charge in [-0.2, -0.15) is 0 Å². The summed E-state index contributed by atoms with van der Waals surface area (Å²) in [5, 5.41) is 0. The van der Waals surface area contributed by atoms with Crippen LogP contribution < -0.4 is 0 Å². The molecule has 2 aromatic rings. The number of aromatic amines is 1. The minimum atomic E-state index is 0.672. The van der Waals surface area contributed by atoms with Crippen molar-refractivity contribution >= 4 is 17.1 Å². The van der Waals surface area contributed by atoms with E-state index < -0.39 is 0 Å². The summed E-state index contributed by atoms with van der Waals surface area (Å²) in [7, 11) is 0. The molecule has 3 heteroatoms. The third-order valence-electron chi connectivity index (χ3n) is 3.68. The molecule has 0 bridgehead atoms. The zero-order valence-corrected chi connectivity index (χ0v) is 9.20. The van der Waals surface area contributed by atoms with Crippen LogP contribution in [-0.4, -0.2) is 15.0 Å². The topological polar surface area (TPSA) is 41.6 Å². The number of H-pyrrole nitrogens is 1. The number of nitrogens with zero attached hydrogens (tertiary/aromatic N) is 2. The van der Waals surface area contributed by atoms with Crippen LogP contribution in [-0.2, 0) is 6.42 Å². The van der Waals surface area contributed by atoms with Gasteiger partial charge in [-0.25, -0.2) is 4.98 Å². The van der Waals surface area contributed by atoms with Gasteiger partial charge in [0.05, 0.1) is 22.9 Å². The quantitative estimate of drug-likeness (QED) is 0.787. The first-order valence-corrected chi connectivity index (χ1v) is 5.92. The third kappa shape index (κ3) is 0.979. The van der Waals surface area contributed by atoms with Gasteiger partial charge in [0, 0.05) is 17.9 Å². The zero-order valence-electron chi connectivity index (χ0n) is 9.20. The average molecular weight is 211 g/mol. The lowest BCUT2D eigenvalue weighted by atomic mass is 10.0. The second-order valence-corrected chi connectivity index (χ2v) is 4.72. The van der Waals surface area contributed by atoms with Crippen molar-refractivity contribution in [3.8, 4) is 0 Å². The van der Waals surface area contributed by atoms with Crippen molar-refractivity contribution in [1.82, 2.24) is 15.0 Å². The molecule has 2 unspecified atom stereocenters. The molecule has 0 aliphatic heterocycles. The van der Waals surface area contributed by atoms with Gasteiger partial charge in [0.1, 0.15) is 5.82 Å². The zero-order chi connectivity index (χ0) is 10.7. The van der Waals surface area contributed by atoms with Crippen LogP contribution in [0.3, 0.4) is 0 Å². The van der Waals surface area contributed by atoms with E-state index in [1.807, 2.05) is 6.20 Å². The van der Waals surface area contributed by atoms with Gasteiger partial charge in [-0.3, -0.25) is 4.98 Å². The second kappa shape index (κ2) is 2.73. The van der Waals surface area contributed by atoms with Crippen LogP contribution in [0, 0.1) is 5.92 Å². The molecule has 2 atom stereocenters. The van der Waals surface area contributed by atoms with E-state index in [9.17, 15) is 0 Å². The standard InChI is InChI=1S/C13H13N3/c1-2-11-15-10-6-14-12-8(13(10)16-11)4-3-7-5-9(7)12/h3-4,6-7,9H,2,5H2,1H3,(H,15,16). The lowest BCUT2D eigenvalue weighted by Gasteiger charge is -2.08.